The number of fused-ring (bicyclic) bond motifs is 1. The third kappa shape index (κ3) is 6.27. The van der Waals surface area contributed by atoms with Crippen molar-refractivity contribution in [1.82, 2.24) is 4.90 Å². The first-order valence-corrected chi connectivity index (χ1v) is 12.5. The van der Waals surface area contributed by atoms with E-state index in [0.29, 0.717) is 39.8 Å². The van der Waals surface area contributed by atoms with Crippen LogP contribution in [0.4, 0.5) is 17.1 Å². The average molecular weight is 533 g/mol. The Hall–Kier alpha value is -4.01. The number of carboxylic acids is 1. The van der Waals surface area contributed by atoms with Crippen molar-refractivity contribution in [1.29, 1.82) is 0 Å². The van der Waals surface area contributed by atoms with E-state index in [1.54, 1.807) is 41.3 Å². The Kier molecular flexibility index (Phi) is 8.24. The van der Waals surface area contributed by atoms with Gasteiger partial charge in [0.05, 0.1) is 17.8 Å². The molecule has 0 radical (unpaired) electrons. The fraction of sp³-hybridized carbons (Fsp3) is 0.241. The number of carboxylic acid groups (broad SMARTS) is 1. The maximum Gasteiger partial charge on any atom is 0.307 e. The summed E-state index contributed by atoms with van der Waals surface area (Å²) in [5.74, 6) is -1.87. The monoisotopic (exact) mass is 532 g/mol. The molecule has 0 bridgehead atoms. The molecule has 0 aromatic heterocycles. The highest BCUT2D eigenvalue weighted by molar-refractivity contribution is 6.31. The van der Waals surface area contributed by atoms with Crippen molar-refractivity contribution in [3.8, 4) is 0 Å². The standard InChI is InChI=1S/C29H29ClN4O4/c1-18(35)34(15-14-33(2)3)23-11-9-22(10-12-23)31-28(20-6-4-19(5-7-20)16-26(36)37)27-24-13-8-21(30)17-25(24)32-29(27)38/h4-13,17,27H,14-16H2,1-3H3,(H,32,38)(H,36,37). The fourth-order valence-electron chi connectivity index (χ4n) is 4.38. The second-order valence-corrected chi connectivity index (χ2v) is 9.85. The normalized spacial score (nSPS) is 14.8. The fourth-order valence-corrected chi connectivity index (χ4v) is 4.56. The first-order chi connectivity index (χ1) is 18.1. The van der Waals surface area contributed by atoms with E-state index >= 15 is 0 Å². The van der Waals surface area contributed by atoms with E-state index in [2.05, 4.69) is 5.32 Å². The van der Waals surface area contributed by atoms with Crippen molar-refractivity contribution in [2.45, 2.75) is 19.3 Å². The van der Waals surface area contributed by atoms with Crippen molar-refractivity contribution in [3.05, 3.63) is 88.4 Å². The molecule has 1 heterocycles. The molecule has 9 heteroatoms. The maximum absolute atomic E-state index is 13.1. The number of aliphatic carboxylic acids is 1. The number of nitrogens with zero attached hydrogens (tertiary/aromatic N) is 3. The van der Waals surface area contributed by atoms with E-state index in [-0.39, 0.29) is 18.2 Å². The molecule has 0 saturated carbocycles. The molecule has 4 rings (SSSR count). The predicted octanol–water partition coefficient (Wildman–Crippen LogP) is 4.74. The van der Waals surface area contributed by atoms with Gasteiger partial charge in [0.15, 0.2) is 0 Å². The summed E-state index contributed by atoms with van der Waals surface area (Å²) in [4.78, 5) is 45.1. The minimum atomic E-state index is -0.919. The Labute approximate surface area is 226 Å². The van der Waals surface area contributed by atoms with Crippen molar-refractivity contribution >= 4 is 52.2 Å². The number of carbonyl (C=O) groups is 3. The van der Waals surface area contributed by atoms with E-state index in [9.17, 15) is 14.4 Å². The van der Waals surface area contributed by atoms with Gasteiger partial charge in [0, 0.05) is 36.4 Å². The number of anilines is 2. The largest absolute Gasteiger partial charge is 0.481 e. The molecule has 0 saturated heterocycles. The summed E-state index contributed by atoms with van der Waals surface area (Å²) >= 11 is 6.15. The van der Waals surface area contributed by atoms with Gasteiger partial charge in [-0.05, 0) is 67.2 Å². The molecule has 0 spiro atoms. The van der Waals surface area contributed by atoms with Crippen LogP contribution in [0.3, 0.4) is 0 Å². The van der Waals surface area contributed by atoms with Gasteiger partial charge in [-0.15, -0.1) is 0 Å². The SMILES string of the molecule is CC(=O)N(CCN(C)C)c1ccc(N=C(c2ccc(CC(=O)O)cc2)C2C(=O)Nc3cc(Cl)ccc32)cc1. The molecule has 8 nitrogen and oxygen atoms in total. The summed E-state index contributed by atoms with van der Waals surface area (Å²) < 4.78 is 0. The first-order valence-electron chi connectivity index (χ1n) is 12.2. The van der Waals surface area contributed by atoms with Gasteiger partial charge < -0.3 is 20.2 Å². The minimum Gasteiger partial charge on any atom is -0.481 e. The summed E-state index contributed by atoms with van der Waals surface area (Å²) in [7, 11) is 3.91. The van der Waals surface area contributed by atoms with Crippen molar-refractivity contribution in [2.75, 3.05) is 37.4 Å². The van der Waals surface area contributed by atoms with Gasteiger partial charge in [-0.1, -0.05) is 41.9 Å². The number of hydrogen-bond acceptors (Lipinski definition) is 5. The summed E-state index contributed by atoms with van der Waals surface area (Å²) in [6, 6.07) is 19.6. The zero-order chi connectivity index (χ0) is 27.4. The molecule has 3 aromatic rings. The molecule has 1 atom stereocenters. The number of halogens is 1. The van der Waals surface area contributed by atoms with Crippen LogP contribution in [-0.4, -0.2) is 60.7 Å². The third-order valence-corrected chi connectivity index (χ3v) is 6.52. The van der Waals surface area contributed by atoms with Gasteiger partial charge >= 0.3 is 5.97 Å². The molecule has 1 aliphatic heterocycles. The molecule has 3 aromatic carbocycles. The highest BCUT2D eigenvalue weighted by atomic mass is 35.5. The van der Waals surface area contributed by atoms with Gasteiger partial charge in [-0.25, -0.2) is 0 Å². The van der Waals surface area contributed by atoms with Crippen LogP contribution >= 0.6 is 11.6 Å². The van der Waals surface area contributed by atoms with Crippen LogP contribution < -0.4 is 10.2 Å². The molecule has 2 amide bonds. The predicted molar refractivity (Wildman–Crippen MR) is 150 cm³/mol. The van der Waals surface area contributed by atoms with Crippen LogP contribution in [0.5, 0.6) is 0 Å². The Morgan fingerprint density at radius 2 is 1.68 bits per heavy atom. The maximum atomic E-state index is 13.1. The quantitative estimate of drug-likeness (QED) is 0.388. The van der Waals surface area contributed by atoms with E-state index in [1.807, 2.05) is 49.3 Å². The summed E-state index contributed by atoms with van der Waals surface area (Å²) in [6.07, 6.45) is -0.0973. The number of nitrogens with one attached hydrogen (secondary N) is 1. The smallest absolute Gasteiger partial charge is 0.307 e. The molecule has 2 N–H and O–H groups in total. The number of likely N-dealkylation sites (N-methyl/N-ethyl adjacent to an activating group) is 1. The summed E-state index contributed by atoms with van der Waals surface area (Å²) in [6.45, 7) is 2.82. The van der Waals surface area contributed by atoms with Gasteiger partial charge in [-0.2, -0.15) is 0 Å². The Bertz CT molecular complexity index is 1380. The lowest BCUT2D eigenvalue weighted by atomic mass is 9.90. The van der Waals surface area contributed by atoms with Crippen LogP contribution in [0.1, 0.15) is 29.5 Å². The Balaban J connectivity index is 1.74. The minimum absolute atomic E-state index is 0.0527. The van der Waals surface area contributed by atoms with Crippen LogP contribution in [0.15, 0.2) is 71.7 Å². The topological polar surface area (TPSA) is 102 Å². The lowest BCUT2D eigenvalue weighted by Gasteiger charge is -2.23. The molecule has 1 unspecified atom stereocenters. The van der Waals surface area contributed by atoms with E-state index in [0.717, 1.165) is 17.8 Å². The second-order valence-electron chi connectivity index (χ2n) is 9.41. The second kappa shape index (κ2) is 11.6. The third-order valence-electron chi connectivity index (χ3n) is 6.29. The molecular weight excluding hydrogens is 504 g/mol. The van der Waals surface area contributed by atoms with Crippen LogP contribution in [0, 0.1) is 0 Å². The van der Waals surface area contributed by atoms with E-state index < -0.39 is 11.9 Å². The summed E-state index contributed by atoms with van der Waals surface area (Å²) in [5.41, 5.74) is 4.64. The van der Waals surface area contributed by atoms with Gasteiger partial charge in [0.2, 0.25) is 11.8 Å². The number of benzene rings is 3. The van der Waals surface area contributed by atoms with Gasteiger partial charge in [0.25, 0.3) is 0 Å². The van der Waals surface area contributed by atoms with Crippen LogP contribution in [-0.2, 0) is 20.8 Å². The van der Waals surface area contributed by atoms with Gasteiger partial charge in [-0.3, -0.25) is 19.4 Å². The molecule has 196 valence electrons. The van der Waals surface area contributed by atoms with Crippen molar-refractivity contribution < 1.29 is 19.5 Å². The zero-order valence-corrected chi connectivity index (χ0v) is 22.2. The van der Waals surface area contributed by atoms with Gasteiger partial charge in [0.1, 0.15) is 5.92 Å². The van der Waals surface area contributed by atoms with Crippen LogP contribution in [0.2, 0.25) is 5.02 Å². The summed E-state index contributed by atoms with van der Waals surface area (Å²) in [5, 5.41) is 12.5. The molecule has 1 aliphatic rings. The number of rotatable bonds is 9. The highest BCUT2D eigenvalue weighted by Gasteiger charge is 2.35. The zero-order valence-electron chi connectivity index (χ0n) is 21.4. The molecule has 0 fully saturated rings. The van der Waals surface area contributed by atoms with E-state index in [4.69, 9.17) is 21.7 Å². The molecule has 38 heavy (non-hydrogen) atoms. The number of aliphatic imine (C=N–C) groups is 1. The number of amides is 2. The number of hydrogen-bond donors (Lipinski definition) is 2. The van der Waals surface area contributed by atoms with Crippen molar-refractivity contribution in [2.24, 2.45) is 4.99 Å². The van der Waals surface area contributed by atoms with Crippen molar-refractivity contribution in [3.63, 3.8) is 0 Å². The Morgan fingerprint density at radius 1 is 1.00 bits per heavy atom. The molecular formula is C29H29ClN4O4. The average Bonchev–Trinajstić information content (AvgIpc) is 3.17. The lowest BCUT2D eigenvalue weighted by molar-refractivity contribution is -0.136. The first kappa shape index (κ1) is 27.0. The number of carbonyl (C=O) groups excluding carboxylic acids is 2. The van der Waals surface area contributed by atoms with E-state index in [1.165, 1.54) is 6.92 Å². The van der Waals surface area contributed by atoms with Crippen LogP contribution in [0.25, 0.3) is 0 Å². The Morgan fingerprint density at radius 3 is 2.29 bits per heavy atom. The lowest BCUT2D eigenvalue weighted by Crippen LogP contribution is -2.35. The highest BCUT2D eigenvalue weighted by Crippen LogP contribution is 2.38. The molecule has 0 aliphatic carbocycles.